The number of benzene rings is 2. The highest BCUT2D eigenvalue weighted by Crippen LogP contribution is 2.13. The molecule has 0 fully saturated rings. The summed E-state index contributed by atoms with van der Waals surface area (Å²) >= 11 is 0. The molecule has 2 rings (SSSR count). The minimum Gasteiger partial charge on any atom is -0.341 e. The molecule has 0 atom stereocenters. The highest BCUT2D eigenvalue weighted by atomic mass is 32.2. The van der Waals surface area contributed by atoms with Crippen LogP contribution in [0.25, 0.3) is 0 Å². The van der Waals surface area contributed by atoms with E-state index in [2.05, 4.69) is 0 Å². The molecule has 2 aromatic rings. The van der Waals surface area contributed by atoms with Crippen molar-refractivity contribution < 1.29 is 13.2 Å². The van der Waals surface area contributed by atoms with Gasteiger partial charge in [0.15, 0.2) is 9.84 Å². The molecule has 0 unspecified atom stereocenters. The molecule has 0 aromatic heterocycles. The molecule has 5 nitrogen and oxygen atoms in total. The first-order valence-electron chi connectivity index (χ1n) is 8.79. The fourth-order valence-corrected chi connectivity index (χ4v) is 3.58. The van der Waals surface area contributed by atoms with Crippen molar-refractivity contribution in [2.75, 3.05) is 25.4 Å². The van der Waals surface area contributed by atoms with Crippen LogP contribution in [0.3, 0.4) is 0 Å². The highest BCUT2D eigenvalue weighted by molar-refractivity contribution is 7.91. The molecule has 0 heterocycles. The van der Waals surface area contributed by atoms with Crippen LogP contribution >= 0.6 is 0 Å². The van der Waals surface area contributed by atoms with Crippen LogP contribution in [0, 0.1) is 0 Å². The summed E-state index contributed by atoms with van der Waals surface area (Å²) in [5, 5.41) is 0. The Morgan fingerprint density at radius 3 is 2.19 bits per heavy atom. The molecule has 0 spiro atoms. The number of nitrogens with two attached hydrogens (primary N) is 1. The molecule has 0 aliphatic rings. The average molecular weight is 375 g/mol. The normalized spacial score (nSPS) is 11.3. The van der Waals surface area contributed by atoms with Crippen molar-refractivity contribution in [2.24, 2.45) is 5.73 Å². The molecular formula is C20H26N2O3S. The number of carbonyl (C=O) groups excluding carboxylic acids is 1. The molecule has 0 radical (unpaired) electrons. The third-order valence-corrected chi connectivity index (χ3v) is 6.03. The minimum absolute atomic E-state index is 0.00233. The number of nitrogens with zero attached hydrogens (tertiary/aromatic N) is 1. The fraction of sp³-hybridized carbons (Fsp3) is 0.350. The minimum atomic E-state index is -3.22. The SMILES string of the molecule is CCS(=O)(=O)c1ccc(CC(=O)N(CCN)CCc2ccccc2)cc1. The third-order valence-electron chi connectivity index (χ3n) is 4.28. The second-order valence-electron chi connectivity index (χ2n) is 6.13. The Bertz CT molecular complexity index is 803. The number of hydrogen-bond donors (Lipinski definition) is 1. The maximum atomic E-state index is 12.6. The summed E-state index contributed by atoms with van der Waals surface area (Å²) < 4.78 is 23.7. The summed E-state index contributed by atoms with van der Waals surface area (Å²) in [6.07, 6.45) is 1.02. The van der Waals surface area contributed by atoms with Crippen LogP contribution in [-0.4, -0.2) is 44.6 Å². The average Bonchev–Trinajstić information content (AvgIpc) is 2.66. The predicted octanol–water partition coefficient (Wildman–Crippen LogP) is 2.05. The quantitative estimate of drug-likeness (QED) is 0.728. The van der Waals surface area contributed by atoms with Gasteiger partial charge in [-0.25, -0.2) is 8.42 Å². The maximum absolute atomic E-state index is 12.6. The number of rotatable bonds is 9. The maximum Gasteiger partial charge on any atom is 0.227 e. The largest absolute Gasteiger partial charge is 0.341 e. The summed E-state index contributed by atoms with van der Waals surface area (Å²) in [5.74, 6) is 0.0622. The van der Waals surface area contributed by atoms with Crippen molar-refractivity contribution in [1.29, 1.82) is 0 Å². The van der Waals surface area contributed by atoms with E-state index in [1.807, 2.05) is 30.3 Å². The zero-order chi connectivity index (χ0) is 19.0. The van der Waals surface area contributed by atoms with Crippen molar-refractivity contribution in [2.45, 2.75) is 24.7 Å². The molecule has 0 saturated carbocycles. The van der Waals surface area contributed by atoms with Crippen molar-refractivity contribution in [3.8, 4) is 0 Å². The lowest BCUT2D eigenvalue weighted by Gasteiger charge is -2.22. The molecule has 140 valence electrons. The Labute approximate surface area is 155 Å². The number of amides is 1. The van der Waals surface area contributed by atoms with E-state index >= 15 is 0 Å². The molecule has 0 aliphatic heterocycles. The van der Waals surface area contributed by atoms with Crippen molar-refractivity contribution >= 4 is 15.7 Å². The molecule has 2 N–H and O–H groups in total. The standard InChI is InChI=1S/C20H26N2O3S/c1-2-26(24,25)19-10-8-18(9-11-19)16-20(23)22(15-13-21)14-12-17-6-4-3-5-7-17/h3-11H,2,12-16,21H2,1H3. The topological polar surface area (TPSA) is 80.5 Å². The molecule has 2 aromatic carbocycles. The zero-order valence-corrected chi connectivity index (χ0v) is 15.9. The van der Waals surface area contributed by atoms with Crippen LogP contribution in [0.1, 0.15) is 18.1 Å². The van der Waals surface area contributed by atoms with Gasteiger partial charge in [-0.2, -0.15) is 0 Å². The Hall–Kier alpha value is -2.18. The molecule has 0 saturated heterocycles. The zero-order valence-electron chi connectivity index (χ0n) is 15.1. The summed E-state index contributed by atoms with van der Waals surface area (Å²) in [6.45, 7) is 3.15. The lowest BCUT2D eigenvalue weighted by atomic mass is 10.1. The van der Waals surface area contributed by atoms with E-state index in [-0.39, 0.29) is 18.1 Å². The number of sulfone groups is 1. The van der Waals surface area contributed by atoms with Crippen LogP contribution in [0.5, 0.6) is 0 Å². The van der Waals surface area contributed by atoms with E-state index in [4.69, 9.17) is 5.73 Å². The predicted molar refractivity (Wildman–Crippen MR) is 104 cm³/mol. The van der Waals surface area contributed by atoms with Crippen LogP contribution < -0.4 is 5.73 Å². The summed E-state index contributed by atoms with van der Waals surface area (Å²) in [4.78, 5) is 14.7. The summed E-state index contributed by atoms with van der Waals surface area (Å²) in [6, 6.07) is 16.6. The third kappa shape index (κ3) is 5.68. The number of hydrogen-bond acceptors (Lipinski definition) is 4. The van der Waals surface area contributed by atoms with Gasteiger partial charge in [0.05, 0.1) is 17.1 Å². The first-order chi connectivity index (χ1) is 12.5. The van der Waals surface area contributed by atoms with Crippen LogP contribution in [0.15, 0.2) is 59.5 Å². The van der Waals surface area contributed by atoms with Gasteiger partial charge in [-0.15, -0.1) is 0 Å². The summed E-state index contributed by atoms with van der Waals surface area (Å²) in [5.41, 5.74) is 7.63. The van der Waals surface area contributed by atoms with Crippen LogP contribution in [-0.2, 0) is 27.5 Å². The van der Waals surface area contributed by atoms with E-state index in [1.165, 1.54) is 5.56 Å². The number of carbonyl (C=O) groups is 1. The second kappa shape index (κ2) is 9.50. The first-order valence-corrected chi connectivity index (χ1v) is 10.4. The van der Waals surface area contributed by atoms with Gasteiger partial charge < -0.3 is 10.6 Å². The van der Waals surface area contributed by atoms with E-state index in [0.717, 1.165) is 12.0 Å². The molecule has 1 amide bonds. The highest BCUT2D eigenvalue weighted by Gasteiger charge is 2.15. The van der Waals surface area contributed by atoms with Crippen molar-refractivity contribution in [3.05, 3.63) is 65.7 Å². The van der Waals surface area contributed by atoms with Gasteiger partial charge in [0.2, 0.25) is 5.91 Å². The monoisotopic (exact) mass is 374 g/mol. The van der Waals surface area contributed by atoms with Gasteiger partial charge in [0.1, 0.15) is 0 Å². The van der Waals surface area contributed by atoms with Gasteiger partial charge in [0.25, 0.3) is 0 Å². The van der Waals surface area contributed by atoms with E-state index < -0.39 is 9.84 Å². The Morgan fingerprint density at radius 2 is 1.62 bits per heavy atom. The van der Waals surface area contributed by atoms with E-state index in [9.17, 15) is 13.2 Å². The summed E-state index contributed by atoms with van der Waals surface area (Å²) in [7, 11) is -3.22. The fourth-order valence-electron chi connectivity index (χ4n) is 2.69. The van der Waals surface area contributed by atoms with Gasteiger partial charge in [-0.3, -0.25) is 4.79 Å². The van der Waals surface area contributed by atoms with Crippen LogP contribution in [0.2, 0.25) is 0 Å². The molecule has 26 heavy (non-hydrogen) atoms. The van der Waals surface area contributed by atoms with Gasteiger partial charge in [-0.1, -0.05) is 49.4 Å². The van der Waals surface area contributed by atoms with Crippen molar-refractivity contribution in [1.82, 2.24) is 4.90 Å². The second-order valence-corrected chi connectivity index (χ2v) is 8.41. The Kier molecular flexibility index (Phi) is 7.36. The van der Waals surface area contributed by atoms with Gasteiger partial charge in [-0.05, 0) is 29.7 Å². The lowest BCUT2D eigenvalue weighted by molar-refractivity contribution is -0.130. The smallest absolute Gasteiger partial charge is 0.227 e. The molecule has 0 aliphatic carbocycles. The van der Waals surface area contributed by atoms with Gasteiger partial charge in [0, 0.05) is 19.6 Å². The Balaban J connectivity index is 2.00. The van der Waals surface area contributed by atoms with E-state index in [1.54, 1.807) is 36.1 Å². The Morgan fingerprint density at radius 1 is 0.962 bits per heavy atom. The molecule has 0 bridgehead atoms. The first kappa shape index (κ1) is 20.1. The molecular weight excluding hydrogens is 348 g/mol. The molecule has 6 heteroatoms. The van der Waals surface area contributed by atoms with Crippen LogP contribution in [0.4, 0.5) is 0 Å². The van der Waals surface area contributed by atoms with E-state index in [0.29, 0.717) is 24.5 Å². The van der Waals surface area contributed by atoms with Crippen molar-refractivity contribution in [3.63, 3.8) is 0 Å². The van der Waals surface area contributed by atoms with Gasteiger partial charge >= 0.3 is 0 Å². The lowest BCUT2D eigenvalue weighted by Crippen LogP contribution is -2.37.